The number of carbonyl (C=O) groups excluding carboxylic acids is 4. The number of nitrogens with zero attached hydrogens (tertiary/aromatic N) is 4. The number of fused-ring (bicyclic) bond motifs is 6. The number of hydrogen-bond acceptors (Lipinski definition) is 10. The van der Waals surface area contributed by atoms with Gasteiger partial charge in [0.1, 0.15) is 35.9 Å². The van der Waals surface area contributed by atoms with Gasteiger partial charge in [0, 0.05) is 48.4 Å². The number of alkyl carbamates (subject to hydrolysis) is 2. The zero-order valence-corrected chi connectivity index (χ0v) is 40.3. The average Bonchev–Trinajstić information content (AvgIpc) is 4.11. The van der Waals surface area contributed by atoms with Gasteiger partial charge < -0.3 is 44.4 Å². The maximum absolute atomic E-state index is 14.7. The van der Waals surface area contributed by atoms with Crippen LogP contribution in [0.5, 0.6) is 5.75 Å². The van der Waals surface area contributed by atoms with Crippen molar-refractivity contribution in [3.63, 3.8) is 0 Å². The molecule has 6 atom stereocenters. The van der Waals surface area contributed by atoms with Gasteiger partial charge in [-0.25, -0.2) is 14.6 Å². The highest BCUT2D eigenvalue weighted by atomic mass is 16.6. The molecule has 5 aliphatic heterocycles. The first kappa shape index (κ1) is 46.2. The van der Waals surface area contributed by atoms with Gasteiger partial charge in [-0.2, -0.15) is 0 Å². The molecule has 3 fully saturated rings. The van der Waals surface area contributed by atoms with Crippen LogP contribution in [0.15, 0.2) is 53.7 Å². The lowest BCUT2D eigenvalue weighted by atomic mass is 9.75. The number of aromatic nitrogens is 2. The Morgan fingerprint density at radius 2 is 1.60 bits per heavy atom. The van der Waals surface area contributed by atoms with Crippen LogP contribution in [-0.4, -0.2) is 106 Å². The van der Waals surface area contributed by atoms with Gasteiger partial charge in [0.05, 0.1) is 36.8 Å². The van der Waals surface area contributed by atoms with Gasteiger partial charge in [-0.1, -0.05) is 39.0 Å². The standard InChI is InChI=1S/C52H65N7O8/c1-28(2)44(56-49(62)64-9)47(60)58-29(3)10-16-41(58)39-24-36-35-25-43-37(23-31(35)13-15-38(36)54-39)34-14-12-32(22-33(34)27-66-43)40-26-53-46(55-40)42-17-11-30(4)59(42)48(61)45(52(8)18-20-65-21-19-52)57-50(63)67-51(5,6)7/h12-15,22-23,25-26,28-30,41-42,44-45H,10-11,16-21,24,27H2,1-9H3,(H,53,55)(H,56,62)(H,57,63)/t29-,30-,41-,42-,44?,45+/m0/s1. The summed E-state index contributed by atoms with van der Waals surface area (Å²) in [4.78, 5) is 71.6. The number of methoxy groups -OCH3 is 1. The maximum atomic E-state index is 14.7. The van der Waals surface area contributed by atoms with E-state index in [1.165, 1.54) is 7.11 Å². The number of amides is 4. The van der Waals surface area contributed by atoms with Crippen LogP contribution in [0.25, 0.3) is 33.2 Å². The van der Waals surface area contributed by atoms with Crippen molar-refractivity contribution in [2.75, 3.05) is 20.3 Å². The number of imidazole rings is 1. The van der Waals surface area contributed by atoms with Crippen molar-refractivity contribution in [3.05, 3.63) is 65.6 Å². The van der Waals surface area contributed by atoms with E-state index in [-0.39, 0.29) is 41.9 Å². The van der Waals surface area contributed by atoms with Crippen molar-refractivity contribution in [1.29, 1.82) is 0 Å². The molecular weight excluding hydrogens is 851 g/mol. The van der Waals surface area contributed by atoms with Gasteiger partial charge in [0.2, 0.25) is 11.8 Å². The number of aromatic amines is 1. The predicted octanol–water partition coefficient (Wildman–Crippen LogP) is 8.94. The molecule has 5 aliphatic rings. The van der Waals surface area contributed by atoms with Crippen molar-refractivity contribution in [2.45, 2.75) is 149 Å². The summed E-state index contributed by atoms with van der Waals surface area (Å²) >= 11 is 0. The van der Waals surface area contributed by atoms with E-state index < -0.39 is 35.3 Å². The summed E-state index contributed by atoms with van der Waals surface area (Å²) in [5.74, 6) is 1.16. The third-order valence-electron chi connectivity index (χ3n) is 14.7. The Bertz CT molecular complexity index is 2630. The van der Waals surface area contributed by atoms with Crippen molar-refractivity contribution >= 4 is 46.2 Å². The van der Waals surface area contributed by atoms with Crippen molar-refractivity contribution < 1.29 is 38.1 Å². The van der Waals surface area contributed by atoms with Gasteiger partial charge in [0.15, 0.2) is 0 Å². The summed E-state index contributed by atoms with van der Waals surface area (Å²) in [7, 11) is 1.31. The lowest BCUT2D eigenvalue weighted by Crippen LogP contribution is -2.59. The molecule has 4 aromatic rings. The first-order valence-corrected chi connectivity index (χ1v) is 24.0. The lowest BCUT2D eigenvalue weighted by molar-refractivity contribution is -0.142. The zero-order valence-electron chi connectivity index (χ0n) is 40.3. The smallest absolute Gasteiger partial charge is 0.408 e. The van der Waals surface area contributed by atoms with Crippen LogP contribution in [0.1, 0.15) is 117 Å². The molecule has 3 aromatic carbocycles. The molecule has 15 heteroatoms. The fraction of sp³-hybridized carbons (Fsp3) is 0.538. The first-order valence-electron chi connectivity index (χ1n) is 24.0. The van der Waals surface area contributed by atoms with E-state index in [2.05, 4.69) is 78.9 Å². The Hall–Kier alpha value is -5.96. The first-order chi connectivity index (χ1) is 31.9. The number of benzene rings is 3. The highest BCUT2D eigenvalue weighted by molar-refractivity contribution is 6.06. The molecule has 356 valence electrons. The van der Waals surface area contributed by atoms with E-state index in [4.69, 9.17) is 28.9 Å². The Balaban J connectivity index is 0.932. The summed E-state index contributed by atoms with van der Waals surface area (Å²) < 4.78 is 22.7. The van der Waals surface area contributed by atoms with E-state index in [9.17, 15) is 19.2 Å². The minimum atomic E-state index is -0.790. The molecule has 0 spiro atoms. The number of rotatable bonds is 9. The highest BCUT2D eigenvalue weighted by Gasteiger charge is 2.48. The highest BCUT2D eigenvalue weighted by Crippen LogP contribution is 2.46. The zero-order chi connectivity index (χ0) is 47.5. The number of H-pyrrole nitrogens is 1. The van der Waals surface area contributed by atoms with Gasteiger partial charge in [-0.3, -0.25) is 14.6 Å². The third kappa shape index (κ3) is 8.87. The van der Waals surface area contributed by atoms with E-state index in [0.717, 1.165) is 87.1 Å². The molecule has 4 amide bonds. The second kappa shape index (κ2) is 17.9. The van der Waals surface area contributed by atoms with E-state index in [1.807, 2.05) is 50.6 Å². The molecule has 15 nitrogen and oxygen atoms in total. The number of likely N-dealkylation sites (tertiary alicyclic amines) is 2. The largest absolute Gasteiger partial charge is 0.488 e. The number of hydrogen-bond donors (Lipinski definition) is 3. The van der Waals surface area contributed by atoms with Crippen molar-refractivity contribution in [1.82, 2.24) is 30.4 Å². The van der Waals surface area contributed by atoms with Crippen LogP contribution in [0.4, 0.5) is 15.3 Å². The molecule has 1 aromatic heterocycles. The lowest BCUT2D eigenvalue weighted by Gasteiger charge is -2.43. The molecule has 1 unspecified atom stereocenters. The van der Waals surface area contributed by atoms with E-state index in [1.54, 1.807) is 0 Å². The molecular formula is C52H65N7O8. The number of aliphatic imine (C=N–C) groups is 1. The Morgan fingerprint density at radius 1 is 0.881 bits per heavy atom. The van der Waals surface area contributed by atoms with Gasteiger partial charge in [0.25, 0.3) is 0 Å². The molecule has 67 heavy (non-hydrogen) atoms. The van der Waals surface area contributed by atoms with Crippen LogP contribution in [-0.2, 0) is 36.8 Å². The molecule has 9 rings (SSSR count). The van der Waals surface area contributed by atoms with Crippen LogP contribution in [0.2, 0.25) is 0 Å². The van der Waals surface area contributed by atoms with Crippen LogP contribution in [0.3, 0.4) is 0 Å². The fourth-order valence-corrected chi connectivity index (χ4v) is 10.9. The van der Waals surface area contributed by atoms with E-state index in [0.29, 0.717) is 44.9 Å². The Morgan fingerprint density at radius 3 is 2.30 bits per heavy atom. The number of carbonyl (C=O) groups is 4. The summed E-state index contributed by atoms with van der Waals surface area (Å²) in [6, 6.07) is 12.9. The minimum Gasteiger partial charge on any atom is -0.488 e. The van der Waals surface area contributed by atoms with Crippen molar-refractivity contribution in [3.8, 4) is 28.1 Å². The minimum absolute atomic E-state index is 0.00951. The monoisotopic (exact) mass is 915 g/mol. The number of nitrogens with one attached hydrogen (secondary N) is 3. The van der Waals surface area contributed by atoms with E-state index >= 15 is 0 Å². The summed E-state index contributed by atoms with van der Waals surface area (Å²) in [6.07, 6.45) is 5.73. The molecule has 0 radical (unpaired) electrons. The molecule has 0 aliphatic carbocycles. The molecule has 6 heterocycles. The number of ether oxygens (including phenoxy) is 4. The normalized spacial score (nSPS) is 22.9. The SMILES string of the molecule is COC(=O)NC(C(=O)N1[C@@H](C)CC[C@H]1C1=Nc2ccc3cc4c(cc3c2C1)OCc1cc(-c2cnc([C@@H]3CC[C@H](C)N3C(=O)[C@@H](NC(=O)OC(C)(C)C)C3(C)CCOCC3)[nH]2)ccc1-4)C(C)C. The second-order valence-corrected chi connectivity index (χ2v) is 20.8. The fourth-order valence-electron chi connectivity index (χ4n) is 10.9. The third-order valence-corrected chi connectivity index (χ3v) is 14.7. The molecule has 3 N–H and O–H groups in total. The molecule has 3 saturated heterocycles. The maximum Gasteiger partial charge on any atom is 0.408 e. The summed E-state index contributed by atoms with van der Waals surface area (Å²) in [6.45, 7) is 16.9. The van der Waals surface area contributed by atoms with Gasteiger partial charge in [-0.15, -0.1) is 0 Å². The van der Waals surface area contributed by atoms with Gasteiger partial charge in [-0.05, 0) is 136 Å². The quantitative estimate of drug-likeness (QED) is 0.148. The van der Waals surface area contributed by atoms with Gasteiger partial charge >= 0.3 is 12.2 Å². The topological polar surface area (TPSA) is 177 Å². The predicted molar refractivity (Wildman–Crippen MR) is 255 cm³/mol. The average molecular weight is 916 g/mol. The van der Waals surface area contributed by atoms with Crippen LogP contribution < -0.4 is 15.4 Å². The summed E-state index contributed by atoms with van der Waals surface area (Å²) in [5, 5.41) is 7.92. The van der Waals surface area contributed by atoms with Crippen LogP contribution in [0, 0.1) is 11.3 Å². The molecule has 0 saturated carbocycles. The molecule has 0 bridgehead atoms. The second-order valence-electron chi connectivity index (χ2n) is 20.8. The van der Waals surface area contributed by atoms with Crippen LogP contribution >= 0.6 is 0 Å². The van der Waals surface area contributed by atoms with Crippen molar-refractivity contribution in [2.24, 2.45) is 16.3 Å². The summed E-state index contributed by atoms with van der Waals surface area (Å²) in [5.41, 5.74) is 6.77. The Kier molecular flexibility index (Phi) is 12.4. The Labute approximate surface area is 392 Å².